The smallest absolute Gasteiger partial charge is 0.244 e. The lowest BCUT2D eigenvalue weighted by Gasteiger charge is -2.31. The van der Waals surface area contributed by atoms with Crippen LogP contribution < -0.4 is 5.32 Å². The maximum Gasteiger partial charge on any atom is 0.244 e. The first-order valence-electron chi connectivity index (χ1n) is 11.1. The highest BCUT2D eigenvalue weighted by Gasteiger charge is 2.35. The molecule has 10 heteroatoms. The number of anilines is 1. The van der Waals surface area contributed by atoms with Crippen LogP contribution in [0.4, 0.5) is 5.69 Å². The van der Waals surface area contributed by atoms with Crippen LogP contribution in [0.25, 0.3) is 10.7 Å². The molecule has 3 aromatic rings. The molecule has 1 N–H and O–H groups in total. The fourth-order valence-corrected chi connectivity index (χ4v) is 6.92. The molecule has 176 valence electrons. The molecular weight excluding hydrogens is 460 g/mol. The van der Waals surface area contributed by atoms with Gasteiger partial charge in [-0.2, -0.15) is 9.29 Å². The first-order chi connectivity index (χ1) is 15.8. The second kappa shape index (κ2) is 9.74. The van der Waals surface area contributed by atoms with Gasteiger partial charge in [-0.3, -0.25) is 4.79 Å². The van der Waals surface area contributed by atoms with Crippen LogP contribution >= 0.6 is 11.3 Å². The summed E-state index contributed by atoms with van der Waals surface area (Å²) in [4.78, 5) is 18.7. The van der Waals surface area contributed by atoms with Gasteiger partial charge in [-0.1, -0.05) is 31.1 Å². The van der Waals surface area contributed by atoms with Gasteiger partial charge in [0, 0.05) is 30.1 Å². The van der Waals surface area contributed by atoms with Gasteiger partial charge in [0.25, 0.3) is 0 Å². The average Bonchev–Trinajstić information content (AvgIpc) is 3.46. The van der Waals surface area contributed by atoms with Crippen LogP contribution in [-0.4, -0.2) is 41.9 Å². The molecule has 1 fully saturated rings. The van der Waals surface area contributed by atoms with Gasteiger partial charge >= 0.3 is 0 Å². The Balaban J connectivity index is 1.49. The predicted molar refractivity (Wildman–Crippen MR) is 128 cm³/mol. The van der Waals surface area contributed by atoms with Crippen molar-refractivity contribution >= 4 is 33.0 Å². The van der Waals surface area contributed by atoms with Crippen LogP contribution in [0.3, 0.4) is 0 Å². The second-order valence-corrected chi connectivity index (χ2v) is 11.3. The van der Waals surface area contributed by atoms with Crippen molar-refractivity contribution in [2.75, 3.05) is 18.4 Å². The summed E-state index contributed by atoms with van der Waals surface area (Å²) in [5, 5.41) is 6.89. The Kier molecular flexibility index (Phi) is 6.96. The van der Waals surface area contributed by atoms with E-state index in [1.54, 1.807) is 13.0 Å². The number of aromatic nitrogens is 2. The summed E-state index contributed by atoms with van der Waals surface area (Å²) < 4.78 is 33.5. The number of sulfonamides is 1. The third-order valence-corrected chi connectivity index (χ3v) is 9.03. The Morgan fingerprint density at radius 1 is 1.24 bits per heavy atom. The summed E-state index contributed by atoms with van der Waals surface area (Å²) in [7, 11) is -3.75. The molecule has 1 unspecified atom stereocenters. The number of rotatable bonds is 7. The molecular formula is C23H28N4O4S2. The summed E-state index contributed by atoms with van der Waals surface area (Å²) in [6, 6.07) is 9.34. The lowest BCUT2D eigenvalue weighted by Crippen LogP contribution is -2.43. The number of nitrogens with one attached hydrogen (secondary N) is 1. The second-order valence-electron chi connectivity index (χ2n) is 8.14. The topological polar surface area (TPSA) is 105 Å². The quantitative estimate of drug-likeness (QED) is 0.532. The standard InChI is InChI=1S/C23H28N4O4S2/c1-4-16-8-10-18(11-9-16)24-23(28)17-7-6-12-27(14-17)33(29,30)20-13-19(32-15(20)3)22-25-21(5-2)31-26-22/h8-11,13,17H,4-7,12,14H2,1-3H3,(H,24,28). The zero-order valence-electron chi connectivity index (χ0n) is 19.0. The maximum atomic E-state index is 13.4. The summed E-state index contributed by atoms with van der Waals surface area (Å²) in [5.41, 5.74) is 1.92. The Morgan fingerprint density at radius 3 is 2.67 bits per heavy atom. The molecule has 0 saturated carbocycles. The molecule has 1 amide bonds. The van der Waals surface area contributed by atoms with Gasteiger partial charge in [0.1, 0.15) is 0 Å². The summed E-state index contributed by atoms with van der Waals surface area (Å²) >= 11 is 1.32. The molecule has 1 aliphatic rings. The van der Waals surface area contributed by atoms with Crippen LogP contribution in [0, 0.1) is 12.8 Å². The molecule has 1 aromatic carbocycles. The minimum atomic E-state index is -3.75. The van der Waals surface area contributed by atoms with E-state index in [4.69, 9.17) is 4.52 Å². The molecule has 1 saturated heterocycles. The third-order valence-electron chi connectivity index (χ3n) is 5.87. The molecule has 0 spiro atoms. The summed E-state index contributed by atoms with van der Waals surface area (Å²) in [6.45, 7) is 6.32. The van der Waals surface area contributed by atoms with Crippen molar-refractivity contribution in [3.8, 4) is 10.7 Å². The van der Waals surface area contributed by atoms with Crippen LogP contribution in [0.1, 0.15) is 43.0 Å². The molecule has 0 aliphatic carbocycles. The van der Waals surface area contributed by atoms with E-state index < -0.39 is 15.9 Å². The number of hydrogen-bond donors (Lipinski definition) is 1. The molecule has 0 radical (unpaired) electrons. The van der Waals surface area contributed by atoms with E-state index in [0.717, 1.165) is 12.1 Å². The lowest BCUT2D eigenvalue weighted by atomic mass is 9.98. The highest BCUT2D eigenvalue weighted by molar-refractivity contribution is 7.89. The van der Waals surface area contributed by atoms with E-state index >= 15 is 0 Å². The number of thiophene rings is 1. The molecule has 8 nitrogen and oxygen atoms in total. The Labute approximate surface area is 198 Å². The molecule has 0 bridgehead atoms. The number of piperidine rings is 1. The van der Waals surface area contributed by atoms with E-state index in [1.165, 1.54) is 21.2 Å². The highest BCUT2D eigenvalue weighted by atomic mass is 32.2. The Morgan fingerprint density at radius 2 is 2.00 bits per heavy atom. The average molecular weight is 489 g/mol. The first kappa shape index (κ1) is 23.6. The number of amides is 1. The van der Waals surface area contributed by atoms with Gasteiger partial charge in [0.2, 0.25) is 27.6 Å². The summed E-state index contributed by atoms with van der Waals surface area (Å²) in [5.74, 6) is 0.351. The zero-order chi connectivity index (χ0) is 23.6. The predicted octanol–water partition coefficient (Wildman–Crippen LogP) is 4.27. The molecule has 1 aliphatic heterocycles. The van der Waals surface area contributed by atoms with Gasteiger partial charge in [-0.25, -0.2) is 8.42 Å². The van der Waals surface area contributed by atoms with E-state index in [2.05, 4.69) is 22.4 Å². The van der Waals surface area contributed by atoms with Crippen molar-refractivity contribution in [3.63, 3.8) is 0 Å². The van der Waals surface area contributed by atoms with Crippen molar-refractivity contribution in [2.24, 2.45) is 5.92 Å². The van der Waals surface area contributed by atoms with Crippen LogP contribution in [0.5, 0.6) is 0 Å². The van der Waals surface area contributed by atoms with E-state index in [1.807, 2.05) is 31.2 Å². The van der Waals surface area contributed by atoms with Gasteiger partial charge in [-0.15, -0.1) is 11.3 Å². The fourth-order valence-electron chi connectivity index (χ4n) is 3.91. The molecule has 4 rings (SSSR count). The van der Waals surface area contributed by atoms with E-state index in [9.17, 15) is 13.2 Å². The third kappa shape index (κ3) is 5.02. The highest BCUT2D eigenvalue weighted by Crippen LogP contribution is 2.35. The van der Waals surface area contributed by atoms with E-state index in [-0.39, 0.29) is 17.3 Å². The minimum absolute atomic E-state index is 0.152. The summed E-state index contributed by atoms with van der Waals surface area (Å²) in [6.07, 6.45) is 2.83. The van der Waals surface area contributed by atoms with Gasteiger partial charge in [-0.05, 0) is 49.9 Å². The lowest BCUT2D eigenvalue weighted by molar-refractivity contribution is -0.120. The molecule has 2 aromatic heterocycles. The zero-order valence-corrected chi connectivity index (χ0v) is 20.6. The van der Waals surface area contributed by atoms with Crippen molar-refractivity contribution in [3.05, 3.63) is 46.7 Å². The molecule has 33 heavy (non-hydrogen) atoms. The normalized spacial score (nSPS) is 17.2. The van der Waals surface area contributed by atoms with Crippen LogP contribution in [-0.2, 0) is 27.7 Å². The number of benzene rings is 1. The maximum absolute atomic E-state index is 13.4. The first-order valence-corrected chi connectivity index (χ1v) is 13.4. The van der Waals surface area contributed by atoms with Crippen LogP contribution in [0.15, 0.2) is 39.8 Å². The molecule has 1 atom stereocenters. The van der Waals surface area contributed by atoms with Gasteiger partial charge in [0.15, 0.2) is 0 Å². The van der Waals surface area contributed by atoms with Crippen molar-refractivity contribution in [1.82, 2.24) is 14.4 Å². The number of hydrogen-bond acceptors (Lipinski definition) is 7. The van der Waals surface area contributed by atoms with Crippen molar-refractivity contribution < 1.29 is 17.7 Å². The number of carbonyl (C=O) groups excluding carboxylic acids is 1. The monoisotopic (exact) mass is 488 g/mol. The number of nitrogens with zero attached hydrogens (tertiary/aromatic N) is 3. The minimum Gasteiger partial charge on any atom is -0.339 e. The van der Waals surface area contributed by atoms with Crippen molar-refractivity contribution in [2.45, 2.75) is 51.3 Å². The Bertz CT molecular complexity index is 1230. The van der Waals surface area contributed by atoms with Gasteiger partial charge < -0.3 is 9.84 Å². The SMILES string of the molecule is CCc1ccc(NC(=O)C2CCCN(S(=O)(=O)c3cc(-c4noc(CC)n4)sc3C)C2)cc1. The van der Waals surface area contributed by atoms with Crippen molar-refractivity contribution in [1.29, 1.82) is 0 Å². The van der Waals surface area contributed by atoms with Gasteiger partial charge in [0.05, 0.1) is 15.7 Å². The Hall–Kier alpha value is -2.56. The molecule has 3 heterocycles. The number of carbonyl (C=O) groups is 1. The largest absolute Gasteiger partial charge is 0.339 e. The van der Waals surface area contributed by atoms with E-state index in [0.29, 0.717) is 47.3 Å². The van der Waals surface area contributed by atoms with Crippen LogP contribution in [0.2, 0.25) is 0 Å². The number of aryl methyl sites for hydroxylation is 3. The fraction of sp³-hybridized carbons (Fsp3) is 0.435.